The van der Waals surface area contributed by atoms with E-state index in [0.29, 0.717) is 11.5 Å². The van der Waals surface area contributed by atoms with E-state index in [4.69, 9.17) is 5.11 Å². The third-order valence-electron chi connectivity index (χ3n) is 3.30. The van der Waals surface area contributed by atoms with Crippen molar-refractivity contribution in [3.05, 3.63) is 29.3 Å². The van der Waals surface area contributed by atoms with Gasteiger partial charge >= 0.3 is 5.97 Å². The van der Waals surface area contributed by atoms with Crippen LogP contribution in [-0.2, 0) is 6.42 Å². The quantitative estimate of drug-likeness (QED) is 0.869. The molecule has 0 radical (unpaired) electrons. The molecule has 0 atom stereocenters. The zero-order valence-corrected chi connectivity index (χ0v) is 10.4. The van der Waals surface area contributed by atoms with Crippen molar-refractivity contribution >= 4 is 11.7 Å². The first-order valence-electron chi connectivity index (χ1n) is 6.19. The Morgan fingerprint density at radius 2 is 2.24 bits per heavy atom. The summed E-state index contributed by atoms with van der Waals surface area (Å²) in [7, 11) is 0. The molecule has 17 heavy (non-hydrogen) atoms. The highest BCUT2D eigenvalue weighted by Gasteiger charge is 2.20. The number of carboxylic acids is 1. The molecule has 1 aromatic carbocycles. The van der Waals surface area contributed by atoms with Crippen molar-refractivity contribution in [1.29, 1.82) is 0 Å². The van der Waals surface area contributed by atoms with Gasteiger partial charge in [0, 0.05) is 18.8 Å². The van der Waals surface area contributed by atoms with E-state index < -0.39 is 5.97 Å². The minimum atomic E-state index is -0.844. The van der Waals surface area contributed by atoms with E-state index in [-0.39, 0.29) is 0 Å². The fourth-order valence-electron chi connectivity index (χ4n) is 2.22. The van der Waals surface area contributed by atoms with Gasteiger partial charge in [-0.15, -0.1) is 0 Å². The molecule has 92 valence electrons. The molecule has 3 heteroatoms. The Labute approximate surface area is 102 Å². The van der Waals surface area contributed by atoms with Gasteiger partial charge in [0.2, 0.25) is 0 Å². The van der Waals surface area contributed by atoms with Crippen LogP contribution in [-0.4, -0.2) is 24.2 Å². The van der Waals surface area contributed by atoms with E-state index in [9.17, 15) is 4.79 Å². The van der Waals surface area contributed by atoms with E-state index in [1.165, 1.54) is 5.56 Å². The first-order valence-corrected chi connectivity index (χ1v) is 6.19. The summed E-state index contributed by atoms with van der Waals surface area (Å²) in [6.07, 6.45) is 2.18. The molecule has 3 nitrogen and oxygen atoms in total. The van der Waals surface area contributed by atoms with Gasteiger partial charge in [-0.25, -0.2) is 4.79 Å². The Morgan fingerprint density at radius 1 is 1.47 bits per heavy atom. The fraction of sp³-hybridized carbons (Fsp3) is 0.500. The van der Waals surface area contributed by atoms with Crippen LogP contribution < -0.4 is 4.90 Å². The number of fused-ring (bicyclic) bond motifs is 1. The minimum Gasteiger partial charge on any atom is -0.478 e. The maximum Gasteiger partial charge on any atom is 0.335 e. The van der Waals surface area contributed by atoms with Crippen molar-refractivity contribution in [2.75, 3.05) is 18.0 Å². The normalized spacial score (nSPS) is 14.2. The summed E-state index contributed by atoms with van der Waals surface area (Å²) in [4.78, 5) is 13.3. The lowest BCUT2D eigenvalue weighted by atomic mass is 10.1. The smallest absolute Gasteiger partial charge is 0.335 e. The van der Waals surface area contributed by atoms with E-state index in [2.05, 4.69) is 18.7 Å². The first-order chi connectivity index (χ1) is 8.08. The van der Waals surface area contributed by atoms with Gasteiger partial charge in [-0.2, -0.15) is 0 Å². The van der Waals surface area contributed by atoms with Gasteiger partial charge in [0.1, 0.15) is 0 Å². The van der Waals surface area contributed by atoms with Crippen LogP contribution in [0.2, 0.25) is 0 Å². The van der Waals surface area contributed by atoms with Gasteiger partial charge < -0.3 is 10.0 Å². The van der Waals surface area contributed by atoms with Gasteiger partial charge in [0.15, 0.2) is 0 Å². The third kappa shape index (κ3) is 2.60. The molecular weight excluding hydrogens is 214 g/mol. The van der Waals surface area contributed by atoms with Gasteiger partial charge in [-0.1, -0.05) is 19.9 Å². The largest absolute Gasteiger partial charge is 0.478 e. The zero-order chi connectivity index (χ0) is 12.4. The second-order valence-electron chi connectivity index (χ2n) is 5.07. The van der Waals surface area contributed by atoms with E-state index >= 15 is 0 Å². The van der Waals surface area contributed by atoms with Crippen LogP contribution in [0, 0.1) is 5.92 Å². The standard InChI is InChI=1S/C14H19NO2/c1-10(2)5-7-15-8-6-11-3-4-12(14(16)17)9-13(11)15/h3-4,9-10H,5-8H2,1-2H3,(H,16,17). The van der Waals surface area contributed by atoms with Crippen molar-refractivity contribution in [1.82, 2.24) is 0 Å². The Bertz CT molecular complexity index is 426. The van der Waals surface area contributed by atoms with Gasteiger partial charge in [0.25, 0.3) is 0 Å². The first kappa shape index (κ1) is 12.0. The Balaban J connectivity index is 2.17. The maximum absolute atomic E-state index is 11.0. The van der Waals surface area contributed by atoms with Gasteiger partial charge in [-0.3, -0.25) is 0 Å². The SMILES string of the molecule is CC(C)CCN1CCc2ccc(C(=O)O)cc21. The molecular formula is C14H19NO2. The maximum atomic E-state index is 11.0. The summed E-state index contributed by atoms with van der Waals surface area (Å²) in [6.45, 7) is 6.47. The lowest BCUT2D eigenvalue weighted by molar-refractivity contribution is 0.0697. The van der Waals surface area contributed by atoms with E-state index in [0.717, 1.165) is 31.6 Å². The Hall–Kier alpha value is -1.51. The van der Waals surface area contributed by atoms with Crippen LogP contribution in [0.3, 0.4) is 0 Å². The predicted octanol–water partition coefficient (Wildman–Crippen LogP) is 2.79. The Morgan fingerprint density at radius 3 is 2.88 bits per heavy atom. The summed E-state index contributed by atoms with van der Waals surface area (Å²) < 4.78 is 0. The zero-order valence-electron chi connectivity index (χ0n) is 10.4. The molecule has 1 N–H and O–H groups in total. The molecule has 1 aliphatic rings. The van der Waals surface area contributed by atoms with Crippen molar-refractivity contribution in [2.24, 2.45) is 5.92 Å². The molecule has 0 unspecified atom stereocenters. The second kappa shape index (κ2) is 4.78. The summed E-state index contributed by atoms with van der Waals surface area (Å²) >= 11 is 0. The number of anilines is 1. The molecule has 1 aromatic rings. The summed E-state index contributed by atoms with van der Waals surface area (Å²) in [6, 6.07) is 5.46. The number of aromatic carboxylic acids is 1. The number of hydrogen-bond acceptors (Lipinski definition) is 2. The number of hydrogen-bond donors (Lipinski definition) is 1. The van der Waals surface area contributed by atoms with Crippen LogP contribution in [0.15, 0.2) is 18.2 Å². The van der Waals surface area contributed by atoms with E-state index in [1.807, 2.05) is 12.1 Å². The number of carboxylic acid groups (broad SMARTS) is 1. The number of rotatable bonds is 4. The molecule has 1 heterocycles. The van der Waals surface area contributed by atoms with Crippen molar-refractivity contribution in [3.63, 3.8) is 0 Å². The molecule has 1 aliphatic heterocycles. The van der Waals surface area contributed by atoms with Crippen LogP contribution >= 0.6 is 0 Å². The predicted molar refractivity (Wildman–Crippen MR) is 68.8 cm³/mol. The molecule has 0 spiro atoms. The summed E-state index contributed by atoms with van der Waals surface area (Å²) in [5.74, 6) is -0.162. The third-order valence-corrected chi connectivity index (χ3v) is 3.30. The molecule has 0 saturated carbocycles. The highest BCUT2D eigenvalue weighted by Crippen LogP contribution is 2.29. The monoisotopic (exact) mass is 233 g/mol. The lowest BCUT2D eigenvalue weighted by Gasteiger charge is -2.20. The highest BCUT2D eigenvalue weighted by molar-refractivity contribution is 5.89. The molecule has 0 aliphatic carbocycles. The summed E-state index contributed by atoms with van der Waals surface area (Å²) in [5.41, 5.74) is 2.78. The topological polar surface area (TPSA) is 40.5 Å². The Kier molecular flexibility index (Phi) is 3.36. The van der Waals surface area contributed by atoms with Crippen LogP contribution in [0.1, 0.15) is 36.2 Å². The lowest BCUT2D eigenvalue weighted by Crippen LogP contribution is -2.23. The molecule has 0 bridgehead atoms. The molecule has 2 rings (SSSR count). The number of carbonyl (C=O) groups is 1. The van der Waals surface area contributed by atoms with E-state index in [1.54, 1.807) is 6.07 Å². The van der Waals surface area contributed by atoms with Gasteiger partial charge in [0.05, 0.1) is 5.56 Å². The van der Waals surface area contributed by atoms with Crippen LogP contribution in [0.4, 0.5) is 5.69 Å². The molecule has 0 aromatic heterocycles. The molecule has 0 fully saturated rings. The van der Waals surface area contributed by atoms with Gasteiger partial charge in [-0.05, 0) is 36.5 Å². The molecule has 0 amide bonds. The van der Waals surface area contributed by atoms with Crippen molar-refractivity contribution < 1.29 is 9.90 Å². The number of nitrogens with zero attached hydrogens (tertiary/aromatic N) is 1. The second-order valence-corrected chi connectivity index (χ2v) is 5.07. The van der Waals surface area contributed by atoms with Crippen LogP contribution in [0.25, 0.3) is 0 Å². The highest BCUT2D eigenvalue weighted by atomic mass is 16.4. The summed E-state index contributed by atoms with van der Waals surface area (Å²) in [5, 5.41) is 9.00. The average molecular weight is 233 g/mol. The van der Waals surface area contributed by atoms with Crippen LogP contribution in [0.5, 0.6) is 0 Å². The fourth-order valence-corrected chi connectivity index (χ4v) is 2.22. The number of benzene rings is 1. The molecule has 0 saturated heterocycles. The minimum absolute atomic E-state index is 0.389. The van der Waals surface area contributed by atoms with Crippen molar-refractivity contribution in [2.45, 2.75) is 26.7 Å². The average Bonchev–Trinajstić information content (AvgIpc) is 2.68. The van der Waals surface area contributed by atoms with Crippen molar-refractivity contribution in [3.8, 4) is 0 Å².